The summed E-state index contributed by atoms with van der Waals surface area (Å²) in [5.74, 6) is -0.439. The zero-order valence-corrected chi connectivity index (χ0v) is 14.3. The van der Waals surface area contributed by atoms with Crippen LogP contribution in [0.4, 0.5) is 0 Å². The Morgan fingerprint density at radius 2 is 2.16 bits per heavy atom. The molecule has 0 amide bonds. The van der Waals surface area contributed by atoms with E-state index in [1.54, 1.807) is 31.8 Å². The molecule has 3 rings (SSSR count). The van der Waals surface area contributed by atoms with Crippen molar-refractivity contribution >= 4 is 5.97 Å². The second-order valence-electron chi connectivity index (χ2n) is 6.32. The number of hydrogen-bond acceptors (Lipinski definition) is 6. The predicted molar refractivity (Wildman–Crippen MR) is 92.3 cm³/mol. The van der Waals surface area contributed by atoms with Gasteiger partial charge in [0.25, 0.3) is 0 Å². The van der Waals surface area contributed by atoms with E-state index >= 15 is 0 Å². The van der Waals surface area contributed by atoms with E-state index in [1.807, 2.05) is 0 Å². The fourth-order valence-corrected chi connectivity index (χ4v) is 3.14. The van der Waals surface area contributed by atoms with Crippen LogP contribution in [0.2, 0.25) is 0 Å². The lowest BCUT2D eigenvalue weighted by atomic mass is 10.0. The Morgan fingerprint density at radius 3 is 2.96 bits per heavy atom. The van der Waals surface area contributed by atoms with Gasteiger partial charge in [0, 0.05) is 44.4 Å². The molecule has 7 heteroatoms. The van der Waals surface area contributed by atoms with Gasteiger partial charge in [-0.1, -0.05) is 0 Å². The SMILES string of the molecule is COCCN1CC[C@H](Cc2cncc(-c3cncc(C(=O)O)c3)n2)C1. The minimum Gasteiger partial charge on any atom is -0.478 e. The maximum Gasteiger partial charge on any atom is 0.337 e. The van der Waals surface area contributed by atoms with Gasteiger partial charge in [-0.3, -0.25) is 9.97 Å². The molecule has 1 N–H and O–H groups in total. The normalized spacial score (nSPS) is 17.7. The minimum atomic E-state index is -0.999. The minimum absolute atomic E-state index is 0.147. The number of likely N-dealkylation sites (tertiary alicyclic amines) is 1. The predicted octanol–water partition coefficient (Wildman–Crippen LogP) is 1.75. The molecule has 0 aromatic carbocycles. The number of ether oxygens (including phenoxy) is 1. The average Bonchev–Trinajstić information content (AvgIpc) is 3.07. The second kappa shape index (κ2) is 8.13. The van der Waals surface area contributed by atoms with Crippen LogP contribution >= 0.6 is 0 Å². The molecule has 132 valence electrons. The topological polar surface area (TPSA) is 88.4 Å². The summed E-state index contributed by atoms with van der Waals surface area (Å²) < 4.78 is 5.14. The molecule has 0 spiro atoms. The third-order valence-electron chi connectivity index (χ3n) is 4.44. The van der Waals surface area contributed by atoms with Crippen molar-refractivity contribution in [1.82, 2.24) is 19.9 Å². The molecule has 25 heavy (non-hydrogen) atoms. The zero-order chi connectivity index (χ0) is 17.6. The van der Waals surface area contributed by atoms with Crippen molar-refractivity contribution in [3.63, 3.8) is 0 Å². The number of methoxy groups -OCH3 is 1. The van der Waals surface area contributed by atoms with Crippen LogP contribution in [0, 0.1) is 5.92 Å². The first-order valence-corrected chi connectivity index (χ1v) is 8.36. The lowest BCUT2D eigenvalue weighted by molar-refractivity contribution is 0.0696. The fraction of sp³-hybridized carbons (Fsp3) is 0.444. The van der Waals surface area contributed by atoms with Crippen molar-refractivity contribution in [2.24, 2.45) is 5.92 Å². The van der Waals surface area contributed by atoms with E-state index < -0.39 is 5.97 Å². The number of carbonyl (C=O) groups is 1. The third-order valence-corrected chi connectivity index (χ3v) is 4.44. The number of aromatic nitrogens is 3. The molecule has 2 aromatic heterocycles. The van der Waals surface area contributed by atoms with E-state index in [4.69, 9.17) is 9.84 Å². The average molecular weight is 342 g/mol. The Morgan fingerprint density at radius 1 is 1.32 bits per heavy atom. The molecule has 3 heterocycles. The Bertz CT molecular complexity index is 738. The van der Waals surface area contributed by atoms with E-state index in [0.29, 0.717) is 17.2 Å². The highest BCUT2D eigenvalue weighted by molar-refractivity contribution is 5.88. The van der Waals surface area contributed by atoms with E-state index in [-0.39, 0.29) is 5.56 Å². The van der Waals surface area contributed by atoms with Gasteiger partial charge in [0.05, 0.1) is 29.8 Å². The summed E-state index contributed by atoms with van der Waals surface area (Å²) in [5.41, 5.74) is 2.40. The van der Waals surface area contributed by atoms with Gasteiger partial charge in [0.1, 0.15) is 0 Å². The number of pyridine rings is 1. The van der Waals surface area contributed by atoms with E-state index in [1.165, 1.54) is 6.20 Å². The van der Waals surface area contributed by atoms with Gasteiger partial charge in [-0.25, -0.2) is 9.78 Å². The smallest absolute Gasteiger partial charge is 0.337 e. The summed E-state index contributed by atoms with van der Waals surface area (Å²) in [5, 5.41) is 9.10. The standard InChI is InChI=1S/C18H22N4O3/c1-25-5-4-22-3-2-13(12-22)6-16-10-20-11-17(21-16)14-7-15(18(23)24)9-19-8-14/h7-11,13H,2-6,12H2,1H3,(H,23,24)/t13-/m1/s1. The van der Waals surface area contributed by atoms with Crippen molar-refractivity contribution < 1.29 is 14.6 Å². The van der Waals surface area contributed by atoms with Crippen LogP contribution in [0.1, 0.15) is 22.5 Å². The monoisotopic (exact) mass is 342 g/mol. The molecule has 0 bridgehead atoms. The van der Waals surface area contributed by atoms with Gasteiger partial charge in [-0.15, -0.1) is 0 Å². The summed E-state index contributed by atoms with van der Waals surface area (Å²) in [6.07, 6.45) is 8.39. The number of carboxylic acid groups (broad SMARTS) is 1. The molecule has 0 unspecified atom stereocenters. The highest BCUT2D eigenvalue weighted by Crippen LogP contribution is 2.22. The summed E-state index contributed by atoms with van der Waals surface area (Å²) in [7, 11) is 1.73. The molecule has 1 aliphatic rings. The highest BCUT2D eigenvalue weighted by atomic mass is 16.5. The Labute approximate surface area is 146 Å². The maximum absolute atomic E-state index is 11.1. The van der Waals surface area contributed by atoms with Crippen molar-refractivity contribution in [2.45, 2.75) is 12.8 Å². The number of hydrogen-bond donors (Lipinski definition) is 1. The van der Waals surface area contributed by atoms with Crippen molar-refractivity contribution in [3.05, 3.63) is 42.1 Å². The summed E-state index contributed by atoms with van der Waals surface area (Å²) >= 11 is 0. The second-order valence-corrected chi connectivity index (χ2v) is 6.32. The lowest BCUT2D eigenvalue weighted by Crippen LogP contribution is -2.25. The number of carboxylic acids is 1. The first-order chi connectivity index (χ1) is 12.2. The molecular weight excluding hydrogens is 320 g/mol. The molecule has 0 saturated carbocycles. The first-order valence-electron chi connectivity index (χ1n) is 8.36. The van der Waals surface area contributed by atoms with Crippen LogP contribution in [-0.2, 0) is 11.2 Å². The van der Waals surface area contributed by atoms with Crippen LogP contribution in [0.5, 0.6) is 0 Å². The number of aromatic carboxylic acids is 1. The molecule has 1 saturated heterocycles. The number of nitrogens with zero attached hydrogens (tertiary/aromatic N) is 4. The third kappa shape index (κ3) is 4.58. The van der Waals surface area contributed by atoms with Crippen LogP contribution in [-0.4, -0.2) is 64.3 Å². The van der Waals surface area contributed by atoms with E-state index in [0.717, 1.165) is 44.8 Å². The largest absolute Gasteiger partial charge is 0.478 e. The van der Waals surface area contributed by atoms with E-state index in [9.17, 15) is 4.79 Å². The lowest BCUT2D eigenvalue weighted by Gasteiger charge is -2.15. The summed E-state index contributed by atoms with van der Waals surface area (Å²) in [6, 6.07) is 1.57. The fourth-order valence-electron chi connectivity index (χ4n) is 3.14. The van der Waals surface area contributed by atoms with Gasteiger partial charge >= 0.3 is 5.97 Å². The molecule has 2 aromatic rings. The Hall–Kier alpha value is -2.38. The molecule has 1 fully saturated rings. The van der Waals surface area contributed by atoms with Crippen LogP contribution in [0.25, 0.3) is 11.3 Å². The summed E-state index contributed by atoms with van der Waals surface area (Å²) in [4.78, 5) is 26.4. The maximum atomic E-state index is 11.1. The first kappa shape index (κ1) is 17.4. The molecule has 0 aliphatic carbocycles. The van der Waals surface area contributed by atoms with Crippen molar-refractivity contribution in [1.29, 1.82) is 0 Å². The van der Waals surface area contributed by atoms with Gasteiger partial charge in [0.15, 0.2) is 0 Å². The molecule has 1 atom stereocenters. The van der Waals surface area contributed by atoms with Crippen LogP contribution < -0.4 is 0 Å². The van der Waals surface area contributed by atoms with Crippen molar-refractivity contribution in [3.8, 4) is 11.3 Å². The molecule has 1 aliphatic heterocycles. The molecule has 0 radical (unpaired) electrons. The van der Waals surface area contributed by atoms with Gasteiger partial charge in [-0.2, -0.15) is 0 Å². The van der Waals surface area contributed by atoms with E-state index in [2.05, 4.69) is 19.9 Å². The summed E-state index contributed by atoms with van der Waals surface area (Å²) in [6.45, 7) is 3.86. The van der Waals surface area contributed by atoms with Gasteiger partial charge < -0.3 is 14.7 Å². The van der Waals surface area contributed by atoms with Crippen molar-refractivity contribution in [2.75, 3.05) is 33.4 Å². The van der Waals surface area contributed by atoms with Gasteiger partial charge in [-0.05, 0) is 31.4 Å². The van der Waals surface area contributed by atoms with Crippen LogP contribution in [0.15, 0.2) is 30.9 Å². The van der Waals surface area contributed by atoms with Crippen LogP contribution in [0.3, 0.4) is 0 Å². The number of rotatable bonds is 7. The highest BCUT2D eigenvalue weighted by Gasteiger charge is 2.23. The molecular formula is C18H22N4O3. The quantitative estimate of drug-likeness (QED) is 0.820. The van der Waals surface area contributed by atoms with Gasteiger partial charge in [0.2, 0.25) is 0 Å². The Balaban J connectivity index is 1.68. The molecule has 7 nitrogen and oxygen atoms in total. The Kier molecular flexibility index (Phi) is 5.67. The zero-order valence-electron chi connectivity index (χ0n) is 14.3.